The largest absolute Gasteiger partial charge is 0.488 e. The third-order valence-electron chi connectivity index (χ3n) is 3.59. The van der Waals surface area contributed by atoms with Crippen molar-refractivity contribution in [3.05, 3.63) is 24.3 Å². The van der Waals surface area contributed by atoms with Gasteiger partial charge in [0.2, 0.25) is 5.91 Å². The zero-order valence-corrected chi connectivity index (χ0v) is 13.1. The molecule has 0 atom stereocenters. The summed E-state index contributed by atoms with van der Waals surface area (Å²) in [5, 5.41) is 13.1. The number of nitrogens with one attached hydrogen (secondary N) is 1. The van der Waals surface area contributed by atoms with Crippen LogP contribution in [0.25, 0.3) is 0 Å². The van der Waals surface area contributed by atoms with Crippen molar-refractivity contribution in [3.8, 4) is 5.75 Å². The van der Waals surface area contributed by atoms with E-state index in [1.807, 2.05) is 45.0 Å². The Balaban J connectivity index is 1.89. The molecule has 0 bridgehead atoms. The maximum absolute atomic E-state index is 12.0. The van der Waals surface area contributed by atoms with Crippen LogP contribution in [0, 0.1) is 0 Å². The van der Waals surface area contributed by atoms with Gasteiger partial charge in [-0.1, -0.05) is 12.8 Å². The summed E-state index contributed by atoms with van der Waals surface area (Å²) in [6, 6.07) is 7.31. The lowest BCUT2D eigenvalue weighted by molar-refractivity contribution is -0.120. The van der Waals surface area contributed by atoms with Gasteiger partial charge in [0.1, 0.15) is 11.4 Å². The SMILES string of the molecule is CC(C)(C)Oc1ccc(NC(=O)CC2(O)CCCC2)cc1. The zero-order chi connectivity index (χ0) is 15.5. The normalized spacial score (nSPS) is 17.5. The predicted octanol–water partition coefficient (Wildman–Crippen LogP) is 3.50. The molecule has 1 fully saturated rings. The van der Waals surface area contributed by atoms with Crippen molar-refractivity contribution in [1.82, 2.24) is 0 Å². The van der Waals surface area contributed by atoms with Crippen LogP contribution in [0.5, 0.6) is 5.75 Å². The fraction of sp³-hybridized carbons (Fsp3) is 0.588. The Kier molecular flexibility index (Phi) is 4.57. The highest BCUT2D eigenvalue weighted by Crippen LogP contribution is 2.32. The fourth-order valence-corrected chi connectivity index (χ4v) is 2.67. The van der Waals surface area contributed by atoms with Gasteiger partial charge in [-0.15, -0.1) is 0 Å². The van der Waals surface area contributed by atoms with Crippen LogP contribution in [0.2, 0.25) is 0 Å². The Labute approximate surface area is 126 Å². The molecule has 0 spiro atoms. The average Bonchev–Trinajstić information content (AvgIpc) is 2.76. The van der Waals surface area contributed by atoms with Gasteiger partial charge in [0, 0.05) is 5.69 Å². The van der Waals surface area contributed by atoms with E-state index in [0.29, 0.717) is 0 Å². The minimum Gasteiger partial charge on any atom is -0.488 e. The van der Waals surface area contributed by atoms with Crippen molar-refractivity contribution in [2.75, 3.05) is 5.32 Å². The third-order valence-corrected chi connectivity index (χ3v) is 3.59. The Hall–Kier alpha value is -1.55. The van der Waals surface area contributed by atoms with E-state index < -0.39 is 5.60 Å². The number of anilines is 1. The van der Waals surface area contributed by atoms with Crippen molar-refractivity contribution < 1.29 is 14.6 Å². The summed E-state index contributed by atoms with van der Waals surface area (Å²) in [6.45, 7) is 5.97. The summed E-state index contributed by atoms with van der Waals surface area (Å²) in [5.41, 5.74) is -0.321. The number of rotatable bonds is 4. The van der Waals surface area contributed by atoms with E-state index in [1.165, 1.54) is 0 Å². The highest BCUT2D eigenvalue weighted by atomic mass is 16.5. The smallest absolute Gasteiger partial charge is 0.227 e. The van der Waals surface area contributed by atoms with Gasteiger partial charge in [-0.2, -0.15) is 0 Å². The first-order valence-electron chi connectivity index (χ1n) is 7.57. The third kappa shape index (κ3) is 5.05. The second-order valence-electron chi connectivity index (χ2n) is 6.90. The Morgan fingerprint density at radius 3 is 2.33 bits per heavy atom. The van der Waals surface area contributed by atoms with Gasteiger partial charge < -0.3 is 15.2 Å². The molecule has 21 heavy (non-hydrogen) atoms. The van der Waals surface area contributed by atoms with Crippen LogP contribution in [0.1, 0.15) is 52.9 Å². The van der Waals surface area contributed by atoms with E-state index >= 15 is 0 Å². The van der Waals surface area contributed by atoms with Gasteiger partial charge in [0.15, 0.2) is 0 Å². The van der Waals surface area contributed by atoms with E-state index in [-0.39, 0.29) is 17.9 Å². The lowest BCUT2D eigenvalue weighted by atomic mass is 9.97. The predicted molar refractivity (Wildman–Crippen MR) is 83.5 cm³/mol. The highest BCUT2D eigenvalue weighted by Gasteiger charge is 2.33. The molecule has 0 heterocycles. The maximum atomic E-state index is 12.0. The molecule has 1 aliphatic carbocycles. The summed E-state index contributed by atoms with van der Waals surface area (Å²) >= 11 is 0. The van der Waals surface area contributed by atoms with Crippen molar-refractivity contribution >= 4 is 11.6 Å². The number of carbonyl (C=O) groups is 1. The van der Waals surface area contributed by atoms with Gasteiger partial charge in [0.05, 0.1) is 12.0 Å². The standard InChI is InChI=1S/C17H25NO3/c1-16(2,3)21-14-8-6-13(7-9-14)18-15(19)12-17(20)10-4-5-11-17/h6-9,20H,4-5,10-12H2,1-3H3,(H,18,19). The highest BCUT2D eigenvalue weighted by molar-refractivity contribution is 5.91. The summed E-state index contributed by atoms with van der Waals surface area (Å²) in [7, 11) is 0. The number of aliphatic hydroxyl groups is 1. The fourth-order valence-electron chi connectivity index (χ4n) is 2.67. The van der Waals surface area contributed by atoms with E-state index in [4.69, 9.17) is 4.74 Å². The van der Waals surface area contributed by atoms with E-state index in [9.17, 15) is 9.90 Å². The molecule has 0 radical (unpaired) electrons. The van der Waals surface area contributed by atoms with Crippen LogP contribution in [0.4, 0.5) is 5.69 Å². The van der Waals surface area contributed by atoms with E-state index in [0.717, 1.165) is 37.1 Å². The molecule has 1 amide bonds. The van der Waals surface area contributed by atoms with Gasteiger partial charge in [-0.25, -0.2) is 0 Å². The molecule has 0 saturated heterocycles. The number of hydrogen-bond acceptors (Lipinski definition) is 3. The molecule has 4 heteroatoms. The number of hydrogen-bond donors (Lipinski definition) is 2. The number of ether oxygens (including phenoxy) is 1. The lowest BCUT2D eigenvalue weighted by Crippen LogP contribution is -2.30. The van der Waals surface area contributed by atoms with Crippen LogP contribution < -0.4 is 10.1 Å². The summed E-state index contributed by atoms with van der Waals surface area (Å²) in [6.07, 6.45) is 3.62. The number of amides is 1. The van der Waals surface area contributed by atoms with Gasteiger partial charge in [-0.3, -0.25) is 4.79 Å². The van der Waals surface area contributed by atoms with Gasteiger partial charge in [-0.05, 0) is 57.9 Å². The zero-order valence-electron chi connectivity index (χ0n) is 13.1. The Morgan fingerprint density at radius 1 is 1.24 bits per heavy atom. The molecule has 0 unspecified atom stereocenters. The molecule has 4 nitrogen and oxygen atoms in total. The minimum atomic E-state index is -0.806. The monoisotopic (exact) mass is 291 g/mol. The molecular weight excluding hydrogens is 266 g/mol. The molecule has 0 aromatic heterocycles. The van der Waals surface area contributed by atoms with E-state index in [2.05, 4.69) is 5.32 Å². The average molecular weight is 291 g/mol. The lowest BCUT2D eigenvalue weighted by Gasteiger charge is -2.22. The number of benzene rings is 1. The van der Waals surface area contributed by atoms with Crippen LogP contribution in [-0.4, -0.2) is 22.2 Å². The van der Waals surface area contributed by atoms with E-state index in [1.54, 1.807) is 0 Å². The van der Waals surface area contributed by atoms with Crippen LogP contribution in [-0.2, 0) is 4.79 Å². The second kappa shape index (κ2) is 6.06. The number of carbonyl (C=O) groups excluding carboxylic acids is 1. The van der Waals surface area contributed by atoms with Gasteiger partial charge in [0.25, 0.3) is 0 Å². The maximum Gasteiger partial charge on any atom is 0.227 e. The summed E-state index contributed by atoms with van der Waals surface area (Å²) < 4.78 is 5.73. The van der Waals surface area contributed by atoms with Crippen molar-refractivity contribution in [3.63, 3.8) is 0 Å². The van der Waals surface area contributed by atoms with Crippen molar-refractivity contribution in [2.45, 2.75) is 64.1 Å². The molecule has 1 aromatic carbocycles. The molecule has 0 aliphatic heterocycles. The molecule has 116 valence electrons. The van der Waals surface area contributed by atoms with Crippen LogP contribution >= 0.6 is 0 Å². The molecule has 2 rings (SSSR count). The van der Waals surface area contributed by atoms with Gasteiger partial charge >= 0.3 is 0 Å². The first-order chi connectivity index (χ1) is 9.76. The molecule has 1 saturated carbocycles. The second-order valence-corrected chi connectivity index (χ2v) is 6.90. The van der Waals surface area contributed by atoms with Crippen molar-refractivity contribution in [2.24, 2.45) is 0 Å². The Morgan fingerprint density at radius 2 is 1.81 bits per heavy atom. The van der Waals surface area contributed by atoms with Crippen LogP contribution in [0.15, 0.2) is 24.3 Å². The first kappa shape index (κ1) is 15.8. The molecule has 1 aromatic rings. The quantitative estimate of drug-likeness (QED) is 0.892. The first-order valence-corrected chi connectivity index (χ1v) is 7.57. The topological polar surface area (TPSA) is 58.6 Å². The van der Waals surface area contributed by atoms with Crippen molar-refractivity contribution in [1.29, 1.82) is 0 Å². The Bertz CT molecular complexity index is 482. The molecule has 2 N–H and O–H groups in total. The molecule has 1 aliphatic rings. The summed E-state index contributed by atoms with van der Waals surface area (Å²) in [4.78, 5) is 12.0. The van der Waals surface area contributed by atoms with Crippen LogP contribution in [0.3, 0.4) is 0 Å². The molecular formula is C17H25NO3. The minimum absolute atomic E-state index is 0.135. The summed E-state index contributed by atoms with van der Waals surface area (Å²) in [5.74, 6) is 0.638.